The third kappa shape index (κ3) is 3.54. The van der Waals surface area contributed by atoms with Crippen LogP contribution in [0.15, 0.2) is 29.8 Å². The maximum absolute atomic E-state index is 14.2. The lowest BCUT2D eigenvalue weighted by atomic mass is 10.2. The zero-order valence-electron chi connectivity index (χ0n) is 13.4. The molecule has 1 N–H and O–H groups in total. The molecule has 3 heterocycles. The lowest BCUT2D eigenvalue weighted by Crippen LogP contribution is -2.24. The summed E-state index contributed by atoms with van der Waals surface area (Å²) in [5.41, 5.74) is 2.12. The first kappa shape index (κ1) is 16.1. The number of benzene rings is 1. The topological polar surface area (TPSA) is 77.8 Å². The number of aromatic amines is 1. The molecule has 0 radical (unpaired) electrons. The molecule has 2 atom stereocenters. The zero-order valence-corrected chi connectivity index (χ0v) is 14.2. The van der Waals surface area contributed by atoms with Gasteiger partial charge in [0, 0.05) is 24.7 Å². The molecule has 0 amide bonds. The van der Waals surface area contributed by atoms with E-state index in [-0.39, 0.29) is 6.61 Å². The van der Waals surface area contributed by atoms with Crippen molar-refractivity contribution in [1.82, 2.24) is 19.9 Å². The number of fused-ring (bicyclic) bond motifs is 1. The number of thiazole rings is 1. The number of halogens is 1. The molecule has 1 aliphatic rings. The van der Waals surface area contributed by atoms with E-state index in [1.807, 2.05) is 10.3 Å². The van der Waals surface area contributed by atoms with Crippen LogP contribution in [-0.2, 0) is 17.9 Å². The van der Waals surface area contributed by atoms with Gasteiger partial charge in [-0.15, -0.1) is 11.3 Å². The Balaban J connectivity index is 1.37. The minimum Gasteiger partial charge on any atom is -0.366 e. The first-order valence-electron chi connectivity index (χ1n) is 7.96. The molecule has 0 aliphatic carbocycles. The van der Waals surface area contributed by atoms with Gasteiger partial charge in [0.25, 0.3) is 0 Å². The number of nitrogens with one attached hydrogen (secondary N) is 1. The van der Waals surface area contributed by atoms with Gasteiger partial charge < -0.3 is 9.72 Å². The second-order valence-electron chi connectivity index (χ2n) is 6.01. The maximum atomic E-state index is 14.2. The Labute approximate surface area is 147 Å². The van der Waals surface area contributed by atoms with Gasteiger partial charge in [0.1, 0.15) is 29.7 Å². The number of hydrogen-bond acceptors (Lipinski definition) is 6. The van der Waals surface area contributed by atoms with Crippen molar-refractivity contribution in [2.75, 3.05) is 13.1 Å². The number of H-pyrrole nitrogens is 1. The lowest BCUT2D eigenvalue weighted by Gasteiger charge is -2.14. The number of nitrogens with zero attached hydrogens (tertiary/aromatic N) is 4. The number of likely N-dealkylation sites (tertiary alicyclic amines) is 1. The van der Waals surface area contributed by atoms with Crippen LogP contribution in [0.4, 0.5) is 4.39 Å². The van der Waals surface area contributed by atoms with Crippen LogP contribution in [0.1, 0.15) is 16.4 Å². The number of ether oxygens (including phenoxy) is 1. The van der Waals surface area contributed by atoms with Crippen LogP contribution < -0.4 is 0 Å². The predicted molar refractivity (Wildman–Crippen MR) is 91.7 cm³/mol. The number of aromatic nitrogens is 3. The van der Waals surface area contributed by atoms with E-state index in [0.717, 1.165) is 16.0 Å². The van der Waals surface area contributed by atoms with Gasteiger partial charge in [-0.2, -0.15) is 5.26 Å². The monoisotopic (exact) mass is 357 g/mol. The van der Waals surface area contributed by atoms with Gasteiger partial charge in [-0.3, -0.25) is 4.90 Å². The van der Waals surface area contributed by atoms with Gasteiger partial charge in [-0.25, -0.2) is 14.4 Å². The Morgan fingerprint density at radius 2 is 2.36 bits per heavy atom. The van der Waals surface area contributed by atoms with Crippen molar-refractivity contribution in [3.63, 3.8) is 0 Å². The van der Waals surface area contributed by atoms with E-state index in [4.69, 9.17) is 10.00 Å². The van der Waals surface area contributed by atoms with Crippen LogP contribution in [0.25, 0.3) is 11.0 Å². The highest BCUT2D eigenvalue weighted by Crippen LogP contribution is 2.21. The summed E-state index contributed by atoms with van der Waals surface area (Å²) in [6, 6.07) is 7.35. The third-order valence-electron chi connectivity index (χ3n) is 4.21. The highest BCUT2D eigenvalue weighted by molar-refractivity contribution is 7.09. The molecule has 3 aromatic rings. The number of rotatable bonds is 5. The van der Waals surface area contributed by atoms with Gasteiger partial charge in [0.2, 0.25) is 0 Å². The van der Waals surface area contributed by atoms with Crippen LogP contribution in [-0.4, -0.2) is 45.2 Å². The van der Waals surface area contributed by atoms with Crippen LogP contribution >= 0.6 is 11.3 Å². The molecule has 4 rings (SSSR count). The Morgan fingerprint density at radius 3 is 3.16 bits per heavy atom. The standard InChI is InChI=1S/C17H16FN5OS/c18-12-7-23(9-17-20-3-4-25-17)8-15(12)24-10-16-21-13-2-1-11(6-19)5-14(13)22-16/h1-5,12,15H,7-10H2,(H,21,22)/t12-,15+/m1/s1. The predicted octanol–water partition coefficient (Wildman–Crippen LogP) is 2.63. The normalized spacial score (nSPS) is 21.0. The summed E-state index contributed by atoms with van der Waals surface area (Å²) in [6.07, 6.45) is 0.272. The van der Waals surface area contributed by atoms with Crippen LogP contribution in [0, 0.1) is 11.3 Å². The van der Waals surface area contributed by atoms with Gasteiger partial charge in [-0.1, -0.05) is 0 Å². The van der Waals surface area contributed by atoms with Crippen molar-refractivity contribution < 1.29 is 9.13 Å². The third-order valence-corrected chi connectivity index (χ3v) is 4.98. The summed E-state index contributed by atoms with van der Waals surface area (Å²) in [5, 5.41) is 11.8. The van der Waals surface area contributed by atoms with Gasteiger partial charge in [0.05, 0.1) is 29.2 Å². The number of hydrogen-bond donors (Lipinski definition) is 1. The largest absolute Gasteiger partial charge is 0.366 e. The van der Waals surface area contributed by atoms with E-state index in [2.05, 4.69) is 21.0 Å². The molecule has 0 bridgehead atoms. The summed E-state index contributed by atoms with van der Waals surface area (Å²) in [6.45, 7) is 1.77. The molecule has 0 saturated carbocycles. The molecule has 25 heavy (non-hydrogen) atoms. The first-order chi connectivity index (χ1) is 12.2. The molecular weight excluding hydrogens is 341 g/mol. The molecule has 0 spiro atoms. The summed E-state index contributed by atoms with van der Waals surface area (Å²) in [7, 11) is 0. The second kappa shape index (κ2) is 6.88. The van der Waals surface area contributed by atoms with Crippen molar-refractivity contribution in [2.24, 2.45) is 0 Å². The fourth-order valence-electron chi connectivity index (χ4n) is 3.00. The minimum atomic E-state index is -1.02. The SMILES string of the molecule is N#Cc1ccc2nc(CO[C@H]3CN(Cc4nccs4)C[C@H]3F)[nH]c2c1. The minimum absolute atomic E-state index is 0.215. The Morgan fingerprint density at radius 1 is 1.44 bits per heavy atom. The van der Waals surface area contributed by atoms with Crippen LogP contribution in [0.5, 0.6) is 0 Å². The Bertz CT molecular complexity index is 904. The van der Waals surface area contributed by atoms with E-state index >= 15 is 0 Å². The molecule has 1 aliphatic heterocycles. The van der Waals surface area contributed by atoms with Crippen LogP contribution in [0.3, 0.4) is 0 Å². The summed E-state index contributed by atoms with van der Waals surface area (Å²) < 4.78 is 20.0. The van der Waals surface area contributed by atoms with E-state index < -0.39 is 12.3 Å². The second-order valence-corrected chi connectivity index (χ2v) is 6.99. The maximum Gasteiger partial charge on any atom is 0.140 e. The number of nitriles is 1. The molecule has 2 aromatic heterocycles. The number of imidazole rings is 1. The lowest BCUT2D eigenvalue weighted by molar-refractivity contribution is 0.00863. The number of alkyl halides is 1. The quantitative estimate of drug-likeness (QED) is 0.759. The highest BCUT2D eigenvalue weighted by atomic mass is 32.1. The van der Waals surface area contributed by atoms with Gasteiger partial charge >= 0.3 is 0 Å². The zero-order chi connectivity index (χ0) is 17.2. The Kier molecular flexibility index (Phi) is 4.44. The molecule has 0 unspecified atom stereocenters. The van der Waals surface area contributed by atoms with Crippen molar-refractivity contribution in [3.05, 3.63) is 46.2 Å². The average molecular weight is 357 g/mol. The molecule has 128 valence electrons. The summed E-state index contributed by atoms with van der Waals surface area (Å²) >= 11 is 1.57. The van der Waals surface area contributed by atoms with Crippen molar-refractivity contribution in [3.8, 4) is 6.07 Å². The van der Waals surface area contributed by atoms with E-state index in [1.54, 1.807) is 35.7 Å². The fourth-order valence-corrected chi connectivity index (χ4v) is 3.66. The molecule has 8 heteroatoms. The van der Waals surface area contributed by atoms with E-state index in [9.17, 15) is 4.39 Å². The smallest absolute Gasteiger partial charge is 0.140 e. The Hall–Kier alpha value is -2.34. The molecule has 1 saturated heterocycles. The average Bonchev–Trinajstić information content (AvgIpc) is 3.32. The highest BCUT2D eigenvalue weighted by Gasteiger charge is 2.34. The molecule has 1 fully saturated rings. The summed E-state index contributed by atoms with van der Waals surface area (Å²) in [4.78, 5) is 13.8. The van der Waals surface area contributed by atoms with Gasteiger partial charge in [0.15, 0.2) is 0 Å². The van der Waals surface area contributed by atoms with Crippen molar-refractivity contribution in [1.29, 1.82) is 5.26 Å². The van der Waals surface area contributed by atoms with E-state index in [1.165, 1.54) is 0 Å². The summed E-state index contributed by atoms with van der Waals surface area (Å²) in [5.74, 6) is 0.635. The van der Waals surface area contributed by atoms with Gasteiger partial charge in [-0.05, 0) is 18.2 Å². The molecule has 1 aromatic carbocycles. The fraction of sp³-hybridized carbons (Fsp3) is 0.353. The van der Waals surface area contributed by atoms with Crippen LogP contribution in [0.2, 0.25) is 0 Å². The first-order valence-corrected chi connectivity index (χ1v) is 8.84. The molecular formula is C17H16FN5OS. The molecule has 6 nitrogen and oxygen atoms in total. The van der Waals surface area contributed by atoms with Crippen molar-refractivity contribution >= 4 is 22.4 Å². The van der Waals surface area contributed by atoms with Crippen molar-refractivity contribution in [2.45, 2.75) is 25.4 Å². The van der Waals surface area contributed by atoms with E-state index in [0.29, 0.717) is 31.0 Å².